The molecule has 0 aromatic heterocycles. The summed E-state index contributed by atoms with van der Waals surface area (Å²) in [4.78, 5) is 44.8. The predicted octanol–water partition coefficient (Wildman–Crippen LogP) is 2.51. The monoisotopic (exact) mass is 619 g/mol. The highest BCUT2D eigenvalue weighted by Crippen LogP contribution is 2.27. The fraction of sp³-hybridized carbons (Fsp3) is 0.867. The highest BCUT2D eigenvalue weighted by atomic mass is 16.7. The number of carboxylic acids is 2. The van der Waals surface area contributed by atoms with Crippen molar-refractivity contribution in [1.29, 1.82) is 0 Å². The topological polar surface area (TPSA) is 209 Å². The number of hydrogen-bond donors (Lipinski definition) is 6. The van der Waals surface area contributed by atoms with E-state index >= 15 is 0 Å². The van der Waals surface area contributed by atoms with Gasteiger partial charge in [-0.1, -0.05) is 71.6 Å². The van der Waals surface area contributed by atoms with Crippen molar-refractivity contribution in [3.63, 3.8) is 0 Å². The number of nitrogens with one attached hydrogen (secondary N) is 1. The minimum Gasteiger partial charge on any atom is -0.481 e. The van der Waals surface area contributed by atoms with E-state index in [1.165, 1.54) is 6.92 Å². The summed E-state index contributed by atoms with van der Waals surface area (Å²) in [6.45, 7) is 5.00. The summed E-state index contributed by atoms with van der Waals surface area (Å²) in [5, 5.41) is 51.0. The highest BCUT2D eigenvalue weighted by molar-refractivity contribution is 5.83. The van der Waals surface area contributed by atoms with Crippen LogP contribution in [0.1, 0.15) is 111 Å². The lowest BCUT2D eigenvalue weighted by Crippen LogP contribution is -2.60. The van der Waals surface area contributed by atoms with E-state index < -0.39 is 67.7 Å². The lowest BCUT2D eigenvalue weighted by atomic mass is 9.97. The van der Waals surface area contributed by atoms with Crippen LogP contribution in [0, 0.1) is 5.92 Å². The van der Waals surface area contributed by atoms with E-state index in [4.69, 9.17) is 24.4 Å². The van der Waals surface area contributed by atoms with E-state index in [-0.39, 0.29) is 24.3 Å². The molecule has 1 fully saturated rings. The molecule has 0 aromatic carbocycles. The maximum absolute atomic E-state index is 11.7. The molecule has 13 nitrogen and oxygen atoms in total. The molecule has 43 heavy (non-hydrogen) atoms. The second-order valence-electron chi connectivity index (χ2n) is 11.7. The van der Waals surface area contributed by atoms with Gasteiger partial charge in [-0.05, 0) is 25.7 Å². The first-order valence-electron chi connectivity index (χ1n) is 15.6. The zero-order valence-corrected chi connectivity index (χ0v) is 25.8. The van der Waals surface area contributed by atoms with Crippen molar-refractivity contribution in [2.45, 2.75) is 154 Å². The van der Waals surface area contributed by atoms with Crippen LogP contribution in [-0.4, -0.2) is 98.8 Å². The number of carbonyl (C=O) groups is 4. The molecule has 1 amide bonds. The third-order valence-electron chi connectivity index (χ3n) is 7.56. The third-order valence-corrected chi connectivity index (χ3v) is 7.56. The van der Waals surface area contributed by atoms with Gasteiger partial charge >= 0.3 is 17.9 Å². The molecule has 1 heterocycles. The van der Waals surface area contributed by atoms with E-state index in [0.29, 0.717) is 6.42 Å². The van der Waals surface area contributed by atoms with Gasteiger partial charge in [0.05, 0.1) is 18.9 Å². The number of carboxylic acid groups (broad SMARTS) is 2. The van der Waals surface area contributed by atoms with E-state index in [9.17, 15) is 34.5 Å². The quantitative estimate of drug-likeness (QED) is 0.0720. The molecule has 0 unspecified atom stereocenters. The molecule has 0 radical (unpaired) electrons. The molecule has 1 aliphatic heterocycles. The Morgan fingerprint density at radius 2 is 1.30 bits per heavy atom. The molecule has 0 spiro atoms. The molecule has 0 bridgehead atoms. The molecule has 0 aliphatic carbocycles. The molecular formula is C30H53NO12. The third kappa shape index (κ3) is 16.4. The van der Waals surface area contributed by atoms with Gasteiger partial charge < -0.3 is 45.1 Å². The number of hydrogen-bond acceptors (Lipinski definition) is 10. The fourth-order valence-electron chi connectivity index (χ4n) is 4.77. The second kappa shape index (κ2) is 21.4. The van der Waals surface area contributed by atoms with E-state index in [2.05, 4.69) is 5.32 Å². The molecule has 1 aliphatic rings. The van der Waals surface area contributed by atoms with Gasteiger partial charge in [0.25, 0.3) is 0 Å². The zero-order valence-electron chi connectivity index (χ0n) is 25.8. The molecule has 7 atom stereocenters. The first-order chi connectivity index (χ1) is 20.3. The minimum atomic E-state index is -1.57. The maximum Gasteiger partial charge on any atom is 0.325 e. The van der Waals surface area contributed by atoms with Crippen LogP contribution in [0.4, 0.5) is 0 Å². The average Bonchev–Trinajstić information content (AvgIpc) is 2.94. The van der Waals surface area contributed by atoms with Gasteiger partial charge in [0, 0.05) is 6.42 Å². The Hall–Kier alpha value is -2.32. The maximum atomic E-state index is 11.7. The smallest absolute Gasteiger partial charge is 0.325 e. The van der Waals surface area contributed by atoms with E-state index in [0.717, 1.165) is 70.6 Å². The van der Waals surface area contributed by atoms with Crippen molar-refractivity contribution in [1.82, 2.24) is 5.32 Å². The molecule has 1 rings (SSSR count). The number of ether oxygens (including phenoxy) is 3. The number of esters is 1. The Morgan fingerprint density at radius 1 is 0.744 bits per heavy atom. The average molecular weight is 620 g/mol. The summed E-state index contributed by atoms with van der Waals surface area (Å²) in [6.07, 6.45) is 3.34. The lowest BCUT2D eigenvalue weighted by molar-refractivity contribution is -0.315. The first kappa shape index (κ1) is 38.7. The summed E-state index contributed by atoms with van der Waals surface area (Å²) >= 11 is 0. The molecule has 1 saturated heterocycles. The van der Waals surface area contributed by atoms with Crippen molar-refractivity contribution >= 4 is 23.8 Å². The second-order valence-corrected chi connectivity index (χ2v) is 11.7. The summed E-state index contributed by atoms with van der Waals surface area (Å²) in [6, 6.07) is -0.864. The van der Waals surface area contributed by atoms with Crippen LogP contribution < -0.4 is 5.32 Å². The van der Waals surface area contributed by atoms with Gasteiger partial charge in [0.2, 0.25) is 5.91 Å². The Labute approximate surface area is 254 Å². The molecular weight excluding hydrogens is 566 g/mol. The summed E-state index contributed by atoms with van der Waals surface area (Å²) < 4.78 is 16.7. The fourth-order valence-corrected chi connectivity index (χ4v) is 4.77. The van der Waals surface area contributed by atoms with Crippen molar-refractivity contribution in [3.05, 3.63) is 0 Å². The Kier molecular flexibility index (Phi) is 19.3. The zero-order chi connectivity index (χ0) is 32.4. The number of aliphatic carboxylic acids is 2. The largest absolute Gasteiger partial charge is 0.481 e. The number of rotatable bonds is 23. The van der Waals surface area contributed by atoms with Crippen molar-refractivity contribution < 1.29 is 58.9 Å². The number of aliphatic hydroxyl groups excluding tert-OH is 3. The standard InChI is InChI=1S/C30H53NO12/c1-19(2)21(14-12-10-8-6-4-5-7-9-11-13-15-23(32)31-20(3)29(39)40)42-30-28(38)27(37)26(36)22(43-30)18-41-25(35)17-16-24(33)34/h19-22,26-28,30,36-38H,4-18H2,1-3H3,(H,31,32)(H,33,34)(H,39,40)/t20-,21+,22+,26+,27-,28+,30+/m0/s1. The molecule has 6 N–H and O–H groups in total. The number of unbranched alkanes of at least 4 members (excludes halogenated alkanes) is 9. The molecule has 13 heteroatoms. The van der Waals surface area contributed by atoms with Crippen LogP contribution in [0.2, 0.25) is 0 Å². The van der Waals surface area contributed by atoms with Crippen LogP contribution in [0.3, 0.4) is 0 Å². The van der Waals surface area contributed by atoms with E-state index in [1.807, 2.05) is 13.8 Å². The Bertz CT molecular complexity index is 838. The molecule has 250 valence electrons. The van der Waals surface area contributed by atoms with Gasteiger partial charge in [0.1, 0.15) is 37.1 Å². The van der Waals surface area contributed by atoms with Gasteiger partial charge in [-0.15, -0.1) is 0 Å². The Morgan fingerprint density at radius 3 is 1.84 bits per heavy atom. The van der Waals surface area contributed by atoms with Crippen molar-refractivity contribution in [2.75, 3.05) is 6.61 Å². The van der Waals surface area contributed by atoms with E-state index in [1.54, 1.807) is 0 Å². The first-order valence-corrected chi connectivity index (χ1v) is 15.6. The lowest BCUT2D eigenvalue weighted by Gasteiger charge is -2.41. The number of amides is 1. The van der Waals surface area contributed by atoms with Gasteiger partial charge in [-0.2, -0.15) is 0 Å². The number of aliphatic hydroxyl groups is 3. The molecule has 0 aromatic rings. The highest BCUT2D eigenvalue weighted by Gasteiger charge is 2.45. The van der Waals surface area contributed by atoms with Crippen LogP contribution >= 0.6 is 0 Å². The van der Waals surface area contributed by atoms with Crippen LogP contribution in [0.15, 0.2) is 0 Å². The Balaban J connectivity index is 2.26. The summed E-state index contributed by atoms with van der Waals surface area (Å²) in [5.74, 6) is -3.08. The van der Waals surface area contributed by atoms with Crippen molar-refractivity contribution in [2.24, 2.45) is 5.92 Å². The summed E-state index contributed by atoms with van der Waals surface area (Å²) in [7, 11) is 0. The minimum absolute atomic E-state index is 0.0961. The normalized spacial score (nSPS) is 23.5. The van der Waals surface area contributed by atoms with Crippen LogP contribution in [0.5, 0.6) is 0 Å². The van der Waals surface area contributed by atoms with Gasteiger partial charge in [-0.3, -0.25) is 19.2 Å². The molecule has 0 saturated carbocycles. The predicted molar refractivity (Wildman–Crippen MR) is 155 cm³/mol. The van der Waals surface area contributed by atoms with Gasteiger partial charge in [-0.25, -0.2) is 0 Å². The number of carbonyl (C=O) groups excluding carboxylic acids is 2. The van der Waals surface area contributed by atoms with Crippen LogP contribution in [-0.2, 0) is 33.4 Å². The van der Waals surface area contributed by atoms with Crippen molar-refractivity contribution in [3.8, 4) is 0 Å². The van der Waals surface area contributed by atoms with Crippen LogP contribution in [0.25, 0.3) is 0 Å². The SMILES string of the molecule is CC(C)[C@@H](CCCCCCCCCCCCC(=O)N[C@@H](C)C(=O)O)O[C@@H]1O[C@H](COC(=O)CCC(=O)O)[C@@H](O)[C@H](O)[C@H]1O. The van der Waals surface area contributed by atoms with Gasteiger partial charge in [0.15, 0.2) is 6.29 Å². The summed E-state index contributed by atoms with van der Waals surface area (Å²) in [5.41, 5.74) is 0.